The molecule has 0 aromatic heterocycles. The van der Waals surface area contributed by atoms with Crippen LogP contribution in [0.25, 0.3) is 0 Å². The first-order chi connectivity index (χ1) is 10.0. The third kappa shape index (κ3) is 5.96. The highest BCUT2D eigenvalue weighted by Gasteiger charge is 2.12. The van der Waals surface area contributed by atoms with Crippen LogP contribution >= 0.6 is 31.9 Å². The Morgan fingerprint density at radius 1 is 1.33 bits per heavy atom. The molecule has 0 radical (unpaired) electrons. The van der Waals surface area contributed by atoms with Crippen LogP contribution in [0.1, 0.15) is 32.6 Å². The Morgan fingerprint density at radius 3 is 2.62 bits per heavy atom. The zero-order valence-electron chi connectivity index (χ0n) is 12.4. The van der Waals surface area contributed by atoms with Crippen LogP contribution in [-0.4, -0.2) is 19.6 Å². The summed E-state index contributed by atoms with van der Waals surface area (Å²) in [5, 5.41) is 2.92. The Morgan fingerprint density at radius 2 is 2.05 bits per heavy atom. The van der Waals surface area contributed by atoms with Gasteiger partial charge in [0.25, 0.3) is 0 Å². The fourth-order valence-corrected chi connectivity index (χ4v) is 3.37. The average Bonchev–Trinajstić information content (AvgIpc) is 2.46. The van der Waals surface area contributed by atoms with Gasteiger partial charge in [-0.3, -0.25) is 4.79 Å². The summed E-state index contributed by atoms with van der Waals surface area (Å²) < 4.78 is 6.89. The number of ether oxygens (including phenoxy) is 1. The highest BCUT2D eigenvalue weighted by atomic mass is 79.9. The van der Waals surface area contributed by atoms with Gasteiger partial charge in [-0.1, -0.05) is 13.3 Å². The number of halogens is 2. The minimum atomic E-state index is 0.00977. The zero-order valence-corrected chi connectivity index (χ0v) is 15.6. The normalized spacial score (nSPS) is 12.0. The molecule has 4 nitrogen and oxygen atoms in total. The molecule has 118 valence electrons. The molecule has 1 aromatic rings. The monoisotopic (exact) mass is 420 g/mol. The van der Waals surface area contributed by atoms with Crippen molar-refractivity contribution in [3.63, 3.8) is 0 Å². The molecule has 3 N–H and O–H groups in total. The van der Waals surface area contributed by atoms with Gasteiger partial charge in [0.2, 0.25) is 5.91 Å². The van der Waals surface area contributed by atoms with Crippen molar-refractivity contribution in [2.45, 2.75) is 32.6 Å². The molecule has 0 heterocycles. The number of methoxy groups -OCH3 is 1. The van der Waals surface area contributed by atoms with Crippen molar-refractivity contribution in [1.29, 1.82) is 0 Å². The van der Waals surface area contributed by atoms with Crippen molar-refractivity contribution in [3.8, 4) is 5.75 Å². The van der Waals surface area contributed by atoms with E-state index in [2.05, 4.69) is 44.1 Å². The Bertz CT molecular complexity index is 481. The Balaban J connectivity index is 2.62. The van der Waals surface area contributed by atoms with Crippen molar-refractivity contribution in [3.05, 3.63) is 21.1 Å². The van der Waals surface area contributed by atoms with Crippen molar-refractivity contribution in [2.24, 2.45) is 11.7 Å². The van der Waals surface area contributed by atoms with Gasteiger partial charge in [0, 0.05) is 17.0 Å². The van der Waals surface area contributed by atoms with E-state index in [1.807, 2.05) is 6.07 Å². The number of hydrogen-bond donors (Lipinski definition) is 2. The van der Waals surface area contributed by atoms with Crippen molar-refractivity contribution >= 4 is 43.5 Å². The number of benzene rings is 1. The maximum Gasteiger partial charge on any atom is 0.224 e. The van der Waals surface area contributed by atoms with Crippen LogP contribution in [0.5, 0.6) is 5.75 Å². The summed E-state index contributed by atoms with van der Waals surface area (Å²) in [6.45, 7) is 2.81. The summed E-state index contributed by atoms with van der Waals surface area (Å²) in [5.74, 6) is 1.21. The van der Waals surface area contributed by atoms with E-state index in [1.54, 1.807) is 13.2 Å². The Labute approximate surface area is 143 Å². The van der Waals surface area contributed by atoms with Crippen LogP contribution in [0.2, 0.25) is 0 Å². The molecule has 1 aromatic carbocycles. The van der Waals surface area contributed by atoms with E-state index in [-0.39, 0.29) is 5.91 Å². The lowest BCUT2D eigenvalue weighted by Crippen LogP contribution is -2.15. The van der Waals surface area contributed by atoms with E-state index in [1.165, 1.54) is 0 Å². The lowest BCUT2D eigenvalue weighted by Gasteiger charge is -2.14. The van der Waals surface area contributed by atoms with E-state index < -0.39 is 0 Å². The smallest absolute Gasteiger partial charge is 0.224 e. The van der Waals surface area contributed by atoms with Gasteiger partial charge in [-0.2, -0.15) is 0 Å². The molecule has 1 rings (SSSR count). The van der Waals surface area contributed by atoms with Gasteiger partial charge in [-0.05, 0) is 63.2 Å². The Hall–Kier alpha value is -0.590. The van der Waals surface area contributed by atoms with Gasteiger partial charge in [0.1, 0.15) is 5.75 Å². The molecule has 0 spiro atoms. The van der Waals surface area contributed by atoms with Gasteiger partial charge in [0.15, 0.2) is 0 Å². The molecule has 0 saturated heterocycles. The lowest BCUT2D eigenvalue weighted by molar-refractivity contribution is -0.116. The molecular formula is C15H22Br2N2O2. The lowest BCUT2D eigenvalue weighted by atomic mass is 9.96. The topological polar surface area (TPSA) is 64.4 Å². The molecule has 6 heteroatoms. The van der Waals surface area contributed by atoms with Crippen LogP contribution in [0, 0.1) is 5.92 Å². The summed E-state index contributed by atoms with van der Waals surface area (Å²) in [6.07, 6.45) is 3.40. The summed E-state index contributed by atoms with van der Waals surface area (Å²) in [5.41, 5.74) is 6.29. The third-order valence-corrected chi connectivity index (χ3v) is 4.72. The van der Waals surface area contributed by atoms with Crippen molar-refractivity contribution < 1.29 is 9.53 Å². The number of nitrogens with one attached hydrogen (secondary N) is 1. The summed E-state index contributed by atoms with van der Waals surface area (Å²) in [4.78, 5) is 12.1. The van der Waals surface area contributed by atoms with Crippen LogP contribution in [0.15, 0.2) is 21.1 Å². The maximum absolute atomic E-state index is 12.1. The van der Waals surface area contributed by atoms with E-state index in [9.17, 15) is 4.79 Å². The van der Waals surface area contributed by atoms with Crippen molar-refractivity contribution in [2.75, 3.05) is 19.0 Å². The molecule has 0 aliphatic heterocycles. The number of nitrogens with two attached hydrogens (primary N) is 1. The summed E-state index contributed by atoms with van der Waals surface area (Å²) >= 11 is 6.85. The number of amides is 1. The van der Waals surface area contributed by atoms with Crippen LogP contribution in [-0.2, 0) is 4.79 Å². The van der Waals surface area contributed by atoms with E-state index in [4.69, 9.17) is 10.5 Å². The average molecular weight is 422 g/mol. The first-order valence-electron chi connectivity index (χ1n) is 7.04. The minimum absolute atomic E-state index is 0.00977. The summed E-state index contributed by atoms with van der Waals surface area (Å²) in [6, 6.07) is 3.65. The first-order valence-corrected chi connectivity index (χ1v) is 8.63. The minimum Gasteiger partial charge on any atom is -0.495 e. The predicted molar refractivity (Wildman–Crippen MR) is 93.7 cm³/mol. The number of rotatable bonds is 8. The first kappa shape index (κ1) is 18.5. The van der Waals surface area contributed by atoms with Crippen LogP contribution in [0.3, 0.4) is 0 Å². The summed E-state index contributed by atoms with van der Waals surface area (Å²) in [7, 11) is 1.60. The SMILES string of the molecule is CCC(CCN)CCC(=O)Nc1cc(OC)c(Br)cc1Br. The molecular weight excluding hydrogens is 400 g/mol. The van der Waals surface area contributed by atoms with Gasteiger partial charge in [-0.25, -0.2) is 0 Å². The number of hydrogen-bond acceptors (Lipinski definition) is 3. The molecule has 0 aliphatic carbocycles. The van der Waals surface area contributed by atoms with Gasteiger partial charge in [-0.15, -0.1) is 0 Å². The standard InChI is InChI=1S/C15H22Br2N2O2/c1-3-10(6-7-18)4-5-15(20)19-13-9-14(21-2)12(17)8-11(13)16/h8-10H,3-7,18H2,1-2H3,(H,19,20). The number of carbonyl (C=O) groups excluding carboxylic acids is 1. The molecule has 21 heavy (non-hydrogen) atoms. The highest BCUT2D eigenvalue weighted by Crippen LogP contribution is 2.34. The second kappa shape index (κ2) is 9.43. The molecule has 0 aliphatic rings. The van der Waals surface area contributed by atoms with Gasteiger partial charge >= 0.3 is 0 Å². The van der Waals surface area contributed by atoms with E-state index in [0.29, 0.717) is 30.3 Å². The highest BCUT2D eigenvalue weighted by molar-refractivity contribution is 9.11. The van der Waals surface area contributed by atoms with Crippen LogP contribution in [0.4, 0.5) is 5.69 Å². The molecule has 0 fully saturated rings. The Kier molecular flexibility index (Phi) is 8.29. The third-order valence-electron chi connectivity index (χ3n) is 3.45. The van der Waals surface area contributed by atoms with Crippen molar-refractivity contribution in [1.82, 2.24) is 0 Å². The second-order valence-electron chi connectivity index (χ2n) is 4.91. The zero-order chi connectivity index (χ0) is 15.8. The fraction of sp³-hybridized carbons (Fsp3) is 0.533. The van der Waals surface area contributed by atoms with Gasteiger partial charge in [0.05, 0.1) is 17.3 Å². The number of anilines is 1. The molecule has 1 amide bonds. The quantitative estimate of drug-likeness (QED) is 0.657. The molecule has 1 unspecified atom stereocenters. The molecule has 1 atom stereocenters. The maximum atomic E-state index is 12.1. The largest absolute Gasteiger partial charge is 0.495 e. The van der Waals surface area contributed by atoms with Gasteiger partial charge < -0.3 is 15.8 Å². The second-order valence-corrected chi connectivity index (χ2v) is 6.61. The predicted octanol–water partition coefficient (Wildman–Crippen LogP) is 4.31. The fourth-order valence-electron chi connectivity index (χ4n) is 2.12. The van der Waals surface area contributed by atoms with E-state index >= 15 is 0 Å². The molecule has 0 bridgehead atoms. The molecule has 0 saturated carbocycles. The number of carbonyl (C=O) groups is 1. The van der Waals surface area contributed by atoms with E-state index in [0.717, 1.165) is 28.2 Å². The van der Waals surface area contributed by atoms with Crippen LogP contribution < -0.4 is 15.8 Å².